The summed E-state index contributed by atoms with van der Waals surface area (Å²) in [6.07, 6.45) is 5.91. The number of halogens is 1. The molecule has 0 bridgehead atoms. The first-order valence-corrected chi connectivity index (χ1v) is 7.07. The molecular formula is C17H16BrN. The Hall–Kier alpha value is -1.80. The molecule has 0 aliphatic carbocycles. The lowest BCUT2D eigenvalue weighted by Crippen LogP contribution is -1.98. The van der Waals surface area contributed by atoms with E-state index in [0.717, 1.165) is 16.8 Å². The lowest BCUT2D eigenvalue weighted by Gasteiger charge is -2.10. The van der Waals surface area contributed by atoms with Gasteiger partial charge in [-0.3, -0.25) is 0 Å². The maximum atomic E-state index is 6.15. The molecule has 0 aliphatic rings. The highest BCUT2D eigenvalue weighted by Crippen LogP contribution is 2.27. The minimum Gasteiger partial charge on any atom is -0.398 e. The van der Waals surface area contributed by atoms with Crippen LogP contribution in [0.2, 0.25) is 0 Å². The van der Waals surface area contributed by atoms with Crippen molar-refractivity contribution in [2.45, 2.75) is 6.92 Å². The van der Waals surface area contributed by atoms with E-state index in [2.05, 4.69) is 52.3 Å². The second kappa shape index (κ2) is 6.39. The zero-order valence-electron chi connectivity index (χ0n) is 10.8. The molecule has 0 unspecified atom stereocenters. The molecule has 2 aromatic carbocycles. The van der Waals surface area contributed by atoms with E-state index in [0.29, 0.717) is 0 Å². The van der Waals surface area contributed by atoms with Crippen LogP contribution in [0.5, 0.6) is 0 Å². The number of allylic oxidation sites excluding steroid dienone is 4. The monoisotopic (exact) mass is 313 g/mol. The summed E-state index contributed by atoms with van der Waals surface area (Å²) >= 11 is 3.27. The molecule has 0 saturated carbocycles. The molecule has 1 nitrogen and oxygen atoms in total. The first-order valence-electron chi connectivity index (χ1n) is 6.15. The van der Waals surface area contributed by atoms with E-state index in [-0.39, 0.29) is 0 Å². The van der Waals surface area contributed by atoms with Crippen LogP contribution in [0.15, 0.2) is 71.4 Å². The smallest absolute Gasteiger partial charge is 0.0399 e. The molecule has 0 heterocycles. The second-order valence-corrected chi connectivity index (χ2v) is 4.72. The highest BCUT2D eigenvalue weighted by molar-refractivity contribution is 9.11. The number of hydrogen-bond acceptors (Lipinski definition) is 1. The molecule has 0 radical (unpaired) electrons. The lowest BCUT2D eigenvalue weighted by atomic mass is 9.96. The van der Waals surface area contributed by atoms with E-state index in [1.807, 2.05) is 31.2 Å². The molecule has 0 aliphatic heterocycles. The fourth-order valence-corrected chi connectivity index (χ4v) is 2.41. The summed E-state index contributed by atoms with van der Waals surface area (Å²) in [5, 5.41) is 2.43. The minimum atomic E-state index is 0.742. The first kappa shape index (κ1) is 13.6. The van der Waals surface area contributed by atoms with E-state index in [1.54, 1.807) is 4.99 Å². The summed E-state index contributed by atoms with van der Waals surface area (Å²) in [5.74, 6) is 0. The quantitative estimate of drug-likeness (QED) is 0.793. The Morgan fingerprint density at radius 2 is 1.79 bits per heavy atom. The lowest BCUT2D eigenvalue weighted by molar-refractivity contribution is 1.43. The van der Waals surface area contributed by atoms with Crippen LogP contribution in [-0.4, -0.2) is 0 Å². The van der Waals surface area contributed by atoms with Crippen LogP contribution >= 0.6 is 15.9 Å². The fraction of sp³-hybridized carbons (Fsp3) is 0.0588. The summed E-state index contributed by atoms with van der Waals surface area (Å²) < 4.78 is 0. The van der Waals surface area contributed by atoms with Gasteiger partial charge in [0.15, 0.2) is 0 Å². The number of benzene rings is 2. The van der Waals surface area contributed by atoms with Crippen LogP contribution in [-0.2, 0) is 0 Å². The first-order chi connectivity index (χ1) is 9.27. The van der Waals surface area contributed by atoms with Crippen LogP contribution in [0.3, 0.4) is 0 Å². The molecule has 19 heavy (non-hydrogen) atoms. The van der Waals surface area contributed by atoms with Gasteiger partial charge in [-0.2, -0.15) is 0 Å². The molecule has 0 amide bonds. The van der Waals surface area contributed by atoms with Gasteiger partial charge in [-0.05, 0) is 34.3 Å². The van der Waals surface area contributed by atoms with Gasteiger partial charge in [0.2, 0.25) is 0 Å². The molecule has 2 rings (SSSR count). The van der Waals surface area contributed by atoms with Gasteiger partial charge < -0.3 is 5.73 Å². The van der Waals surface area contributed by atoms with Crippen molar-refractivity contribution in [3.05, 3.63) is 76.9 Å². The summed E-state index contributed by atoms with van der Waals surface area (Å²) in [6.45, 7) is 2.00. The van der Waals surface area contributed by atoms with Gasteiger partial charge in [0, 0.05) is 11.3 Å². The van der Waals surface area contributed by atoms with Gasteiger partial charge in [0.25, 0.3) is 0 Å². The van der Waals surface area contributed by atoms with Gasteiger partial charge in [-0.1, -0.05) is 70.5 Å². The average Bonchev–Trinajstić information content (AvgIpc) is 2.44. The van der Waals surface area contributed by atoms with Gasteiger partial charge in [0.05, 0.1) is 0 Å². The highest BCUT2D eigenvalue weighted by atomic mass is 79.9. The molecule has 2 aromatic rings. The molecule has 2 heteroatoms. The van der Waals surface area contributed by atoms with Crippen LogP contribution in [0.1, 0.15) is 12.5 Å². The molecule has 2 N–H and O–H groups in total. The standard InChI is InChI=1S/C17H16BrN/c1-2-6-16(17(19)11-12-18)15-10-5-8-13-7-3-4-9-14(13)15/h2-12H,19H2,1H3/b6-2-,12-11+,17-16-. The Balaban J connectivity index is 2.74. The van der Waals surface area contributed by atoms with Crippen molar-refractivity contribution in [2.24, 2.45) is 5.73 Å². The van der Waals surface area contributed by atoms with Crippen LogP contribution in [0, 0.1) is 0 Å². The third kappa shape index (κ3) is 2.96. The molecule has 0 atom stereocenters. The number of fused-ring (bicyclic) bond motifs is 1. The molecule has 0 saturated heterocycles. The number of nitrogens with two attached hydrogens (primary N) is 1. The van der Waals surface area contributed by atoms with Crippen LogP contribution in [0.25, 0.3) is 16.3 Å². The number of rotatable bonds is 3. The van der Waals surface area contributed by atoms with Crippen molar-refractivity contribution in [3.8, 4) is 0 Å². The average molecular weight is 314 g/mol. The van der Waals surface area contributed by atoms with Gasteiger partial charge in [-0.15, -0.1) is 0 Å². The Morgan fingerprint density at radius 1 is 1.05 bits per heavy atom. The SMILES string of the molecule is C\C=C/C(=C(N)\C=C\Br)c1cccc2ccccc12. The summed E-state index contributed by atoms with van der Waals surface area (Å²) in [6, 6.07) is 14.6. The molecular weight excluding hydrogens is 298 g/mol. The topological polar surface area (TPSA) is 26.0 Å². The van der Waals surface area contributed by atoms with E-state index in [4.69, 9.17) is 5.73 Å². The Bertz CT molecular complexity index is 661. The zero-order valence-corrected chi connectivity index (χ0v) is 12.4. The highest BCUT2D eigenvalue weighted by Gasteiger charge is 2.06. The van der Waals surface area contributed by atoms with E-state index < -0.39 is 0 Å². The van der Waals surface area contributed by atoms with Crippen LogP contribution < -0.4 is 5.73 Å². The fourth-order valence-electron chi connectivity index (χ4n) is 2.13. The second-order valence-electron chi connectivity index (χ2n) is 4.19. The summed E-state index contributed by atoms with van der Waals surface area (Å²) in [4.78, 5) is 1.77. The van der Waals surface area contributed by atoms with Crippen LogP contribution in [0.4, 0.5) is 0 Å². The van der Waals surface area contributed by atoms with Gasteiger partial charge >= 0.3 is 0 Å². The van der Waals surface area contributed by atoms with Gasteiger partial charge in [0.1, 0.15) is 0 Å². The van der Waals surface area contributed by atoms with E-state index >= 15 is 0 Å². The number of hydrogen-bond donors (Lipinski definition) is 1. The van der Waals surface area contributed by atoms with Crippen molar-refractivity contribution in [3.63, 3.8) is 0 Å². The molecule has 0 fully saturated rings. The van der Waals surface area contributed by atoms with Crippen molar-refractivity contribution in [1.82, 2.24) is 0 Å². The normalized spacial score (nSPS) is 13.4. The summed E-state index contributed by atoms with van der Waals surface area (Å²) in [7, 11) is 0. The van der Waals surface area contributed by atoms with E-state index in [1.165, 1.54) is 10.8 Å². The van der Waals surface area contributed by atoms with Crippen molar-refractivity contribution in [2.75, 3.05) is 0 Å². The van der Waals surface area contributed by atoms with Crippen molar-refractivity contribution < 1.29 is 0 Å². The zero-order chi connectivity index (χ0) is 13.7. The predicted octanol–water partition coefficient (Wildman–Crippen LogP) is 4.99. The molecule has 96 valence electrons. The third-order valence-electron chi connectivity index (χ3n) is 2.97. The Labute approximate surface area is 122 Å². The van der Waals surface area contributed by atoms with E-state index in [9.17, 15) is 0 Å². The summed E-state index contributed by atoms with van der Waals surface area (Å²) in [5.41, 5.74) is 9.08. The maximum absolute atomic E-state index is 6.15. The minimum absolute atomic E-state index is 0.742. The van der Waals surface area contributed by atoms with Crippen molar-refractivity contribution >= 4 is 32.3 Å². The van der Waals surface area contributed by atoms with Gasteiger partial charge in [-0.25, -0.2) is 0 Å². The largest absolute Gasteiger partial charge is 0.398 e. The Kier molecular flexibility index (Phi) is 4.58. The Morgan fingerprint density at radius 3 is 2.53 bits per heavy atom. The van der Waals surface area contributed by atoms with Crippen molar-refractivity contribution in [1.29, 1.82) is 0 Å². The molecule has 0 spiro atoms. The maximum Gasteiger partial charge on any atom is 0.0399 e. The predicted molar refractivity (Wildman–Crippen MR) is 87.9 cm³/mol. The molecule has 0 aromatic heterocycles. The third-order valence-corrected chi connectivity index (χ3v) is 3.23.